The lowest BCUT2D eigenvalue weighted by Crippen LogP contribution is -2.45. The zero-order chi connectivity index (χ0) is 17.8. The van der Waals surface area contributed by atoms with Gasteiger partial charge in [0.1, 0.15) is 5.75 Å². The Labute approximate surface area is 149 Å². The van der Waals surface area contributed by atoms with Crippen molar-refractivity contribution in [3.05, 3.63) is 29.8 Å². The van der Waals surface area contributed by atoms with E-state index in [1.54, 1.807) is 24.3 Å². The fraction of sp³-hybridized carbons (Fsp3) is 0.600. The minimum absolute atomic E-state index is 0.0557. The number of rotatable bonds is 6. The molecular weight excluding hydrogens is 318 g/mol. The maximum absolute atomic E-state index is 12.7. The van der Waals surface area contributed by atoms with E-state index in [1.165, 1.54) is 20.0 Å². The quantitative estimate of drug-likeness (QED) is 0.741. The number of ether oxygens (including phenoxy) is 2. The fourth-order valence-electron chi connectivity index (χ4n) is 3.60. The number of amides is 1. The lowest BCUT2D eigenvalue weighted by Gasteiger charge is -2.36. The highest BCUT2D eigenvalue weighted by Crippen LogP contribution is 2.35. The number of carbonyl (C=O) groups is 2. The van der Waals surface area contributed by atoms with Crippen molar-refractivity contribution in [3.63, 3.8) is 0 Å². The van der Waals surface area contributed by atoms with Crippen molar-refractivity contribution >= 4 is 11.9 Å². The van der Waals surface area contributed by atoms with Gasteiger partial charge in [-0.25, -0.2) is 4.79 Å². The molecule has 0 heterocycles. The summed E-state index contributed by atoms with van der Waals surface area (Å²) < 4.78 is 10.3. The zero-order valence-corrected chi connectivity index (χ0v) is 15.1. The molecule has 0 atom stereocenters. The van der Waals surface area contributed by atoms with Crippen LogP contribution in [0.4, 0.5) is 0 Å². The summed E-state index contributed by atoms with van der Waals surface area (Å²) in [6.45, 7) is 2.35. The van der Waals surface area contributed by atoms with Crippen LogP contribution in [0.1, 0.15) is 55.8 Å². The molecule has 25 heavy (non-hydrogen) atoms. The number of hydrogen-bond acceptors (Lipinski definition) is 4. The van der Waals surface area contributed by atoms with Crippen LogP contribution in [0.15, 0.2) is 24.3 Å². The predicted molar refractivity (Wildman–Crippen MR) is 94.6 cm³/mol. The van der Waals surface area contributed by atoms with Gasteiger partial charge in [0.2, 0.25) is 0 Å². The van der Waals surface area contributed by atoms with Gasteiger partial charge in [0.05, 0.1) is 12.7 Å². The second-order valence-electron chi connectivity index (χ2n) is 7.25. The molecular formula is C20H27NO4. The predicted octanol–water partition coefficient (Wildman–Crippen LogP) is 3.42. The molecule has 0 bridgehead atoms. The molecule has 5 nitrogen and oxygen atoms in total. The van der Waals surface area contributed by atoms with E-state index in [0.29, 0.717) is 23.4 Å². The van der Waals surface area contributed by atoms with Crippen LogP contribution in [-0.2, 0) is 9.53 Å². The van der Waals surface area contributed by atoms with Gasteiger partial charge in [-0.1, -0.05) is 6.92 Å². The van der Waals surface area contributed by atoms with Crippen LogP contribution < -0.4 is 4.74 Å². The Morgan fingerprint density at radius 1 is 1.00 bits per heavy atom. The third kappa shape index (κ3) is 4.53. The van der Waals surface area contributed by atoms with E-state index >= 15 is 0 Å². The minimum atomic E-state index is -0.380. The van der Waals surface area contributed by atoms with Gasteiger partial charge in [-0.3, -0.25) is 4.79 Å². The van der Waals surface area contributed by atoms with Crippen molar-refractivity contribution in [1.29, 1.82) is 0 Å². The molecule has 1 amide bonds. The summed E-state index contributed by atoms with van der Waals surface area (Å²) >= 11 is 0. The minimum Gasteiger partial charge on any atom is -0.484 e. The van der Waals surface area contributed by atoms with E-state index in [0.717, 1.165) is 31.6 Å². The highest BCUT2D eigenvalue weighted by molar-refractivity contribution is 5.89. The average Bonchev–Trinajstić information content (AvgIpc) is 3.46. The van der Waals surface area contributed by atoms with Crippen LogP contribution in [0.3, 0.4) is 0 Å². The lowest BCUT2D eigenvalue weighted by atomic mass is 9.86. The molecule has 0 aromatic heterocycles. The van der Waals surface area contributed by atoms with Crippen LogP contribution in [0.25, 0.3) is 0 Å². The number of benzene rings is 1. The van der Waals surface area contributed by atoms with Crippen molar-refractivity contribution < 1.29 is 19.1 Å². The van der Waals surface area contributed by atoms with Gasteiger partial charge < -0.3 is 14.4 Å². The Morgan fingerprint density at radius 3 is 2.08 bits per heavy atom. The van der Waals surface area contributed by atoms with Gasteiger partial charge in [0, 0.05) is 12.1 Å². The molecule has 0 N–H and O–H groups in total. The smallest absolute Gasteiger partial charge is 0.337 e. The summed E-state index contributed by atoms with van der Waals surface area (Å²) in [6.07, 6.45) is 6.86. The molecule has 3 rings (SSSR count). The maximum Gasteiger partial charge on any atom is 0.337 e. The van der Waals surface area contributed by atoms with Crippen LogP contribution in [-0.4, -0.2) is 42.6 Å². The Kier molecular flexibility index (Phi) is 5.61. The van der Waals surface area contributed by atoms with E-state index in [1.807, 2.05) is 0 Å². The van der Waals surface area contributed by atoms with Gasteiger partial charge in [-0.15, -0.1) is 0 Å². The molecule has 2 fully saturated rings. The van der Waals surface area contributed by atoms with Crippen LogP contribution in [0.5, 0.6) is 5.75 Å². The molecule has 1 aromatic carbocycles. The van der Waals surface area contributed by atoms with Gasteiger partial charge in [0.15, 0.2) is 6.61 Å². The standard InChI is InChI=1S/C20H27NO4/c1-14-3-7-16(8-4-14)21(17-9-10-17)19(22)13-25-18-11-5-15(6-12-18)20(23)24-2/h5-6,11-12,14,16-17H,3-4,7-10,13H2,1-2H3. The van der Waals surface area contributed by atoms with Gasteiger partial charge in [0.25, 0.3) is 5.91 Å². The average molecular weight is 345 g/mol. The highest BCUT2D eigenvalue weighted by Gasteiger charge is 2.38. The van der Waals surface area contributed by atoms with E-state index in [2.05, 4.69) is 16.6 Å². The first-order chi connectivity index (χ1) is 12.1. The van der Waals surface area contributed by atoms with E-state index in [-0.39, 0.29) is 18.5 Å². The molecule has 2 aliphatic carbocycles. The molecule has 5 heteroatoms. The normalized spacial score (nSPS) is 23.0. The first-order valence-electron chi connectivity index (χ1n) is 9.21. The fourth-order valence-corrected chi connectivity index (χ4v) is 3.60. The monoisotopic (exact) mass is 345 g/mol. The van der Waals surface area contributed by atoms with Crippen LogP contribution in [0, 0.1) is 5.92 Å². The van der Waals surface area contributed by atoms with Crippen molar-refractivity contribution in [2.24, 2.45) is 5.92 Å². The van der Waals surface area contributed by atoms with Gasteiger partial charge >= 0.3 is 5.97 Å². The third-order valence-electron chi connectivity index (χ3n) is 5.24. The first-order valence-corrected chi connectivity index (χ1v) is 9.21. The van der Waals surface area contributed by atoms with Crippen molar-refractivity contribution in [2.45, 2.75) is 57.5 Å². The topological polar surface area (TPSA) is 55.8 Å². The number of hydrogen-bond donors (Lipinski definition) is 0. The first kappa shape index (κ1) is 17.8. The molecule has 0 unspecified atom stereocenters. The molecule has 0 spiro atoms. The number of carbonyl (C=O) groups excluding carboxylic acids is 2. The highest BCUT2D eigenvalue weighted by atomic mass is 16.5. The molecule has 1 aromatic rings. The molecule has 0 aliphatic heterocycles. The van der Waals surface area contributed by atoms with E-state index < -0.39 is 0 Å². The molecule has 2 aliphatic rings. The summed E-state index contributed by atoms with van der Waals surface area (Å²) in [4.78, 5) is 26.3. The molecule has 136 valence electrons. The Morgan fingerprint density at radius 2 is 1.56 bits per heavy atom. The molecule has 0 saturated heterocycles. The number of esters is 1. The SMILES string of the molecule is COC(=O)c1ccc(OCC(=O)N(C2CCC(C)CC2)C2CC2)cc1. The number of nitrogens with zero attached hydrogens (tertiary/aromatic N) is 1. The second-order valence-corrected chi connectivity index (χ2v) is 7.25. The summed E-state index contributed by atoms with van der Waals surface area (Å²) in [6, 6.07) is 7.48. The summed E-state index contributed by atoms with van der Waals surface area (Å²) in [7, 11) is 1.35. The summed E-state index contributed by atoms with van der Waals surface area (Å²) in [5.74, 6) is 1.07. The van der Waals surface area contributed by atoms with Crippen LogP contribution in [0.2, 0.25) is 0 Å². The van der Waals surface area contributed by atoms with E-state index in [9.17, 15) is 9.59 Å². The van der Waals surface area contributed by atoms with Crippen molar-refractivity contribution in [3.8, 4) is 5.75 Å². The Bertz CT molecular complexity index is 601. The van der Waals surface area contributed by atoms with Crippen LogP contribution >= 0.6 is 0 Å². The summed E-state index contributed by atoms with van der Waals surface area (Å²) in [5, 5.41) is 0. The Balaban J connectivity index is 1.56. The van der Waals surface area contributed by atoms with E-state index in [4.69, 9.17) is 4.74 Å². The molecule has 0 radical (unpaired) electrons. The largest absolute Gasteiger partial charge is 0.484 e. The Hall–Kier alpha value is -2.04. The maximum atomic E-state index is 12.7. The van der Waals surface area contributed by atoms with Gasteiger partial charge in [-0.05, 0) is 68.7 Å². The number of methoxy groups -OCH3 is 1. The summed E-state index contributed by atoms with van der Waals surface area (Å²) in [5.41, 5.74) is 0.470. The van der Waals surface area contributed by atoms with Crippen molar-refractivity contribution in [2.75, 3.05) is 13.7 Å². The second kappa shape index (κ2) is 7.89. The van der Waals surface area contributed by atoms with Crippen molar-refractivity contribution in [1.82, 2.24) is 4.90 Å². The van der Waals surface area contributed by atoms with Gasteiger partial charge in [-0.2, -0.15) is 0 Å². The zero-order valence-electron chi connectivity index (χ0n) is 15.1. The molecule has 2 saturated carbocycles. The third-order valence-corrected chi connectivity index (χ3v) is 5.24. The lowest BCUT2D eigenvalue weighted by molar-refractivity contribution is -0.137.